The summed E-state index contributed by atoms with van der Waals surface area (Å²) in [5.41, 5.74) is 0. The van der Waals surface area contributed by atoms with Crippen LogP contribution in [0.25, 0.3) is 0 Å². The number of hydrogen-bond acceptors (Lipinski definition) is 4. The smallest absolute Gasteiger partial charge is 0.322 e. The Morgan fingerprint density at radius 1 is 1.44 bits per heavy atom. The second-order valence-corrected chi connectivity index (χ2v) is 5.07. The van der Waals surface area contributed by atoms with E-state index in [1.807, 2.05) is 6.92 Å². The summed E-state index contributed by atoms with van der Waals surface area (Å²) < 4.78 is 29.2. The zero-order valence-electron chi connectivity index (χ0n) is 9.60. The fraction of sp³-hybridized carbons (Fsp3) is 0.700. The van der Waals surface area contributed by atoms with E-state index >= 15 is 0 Å². The molecule has 0 saturated heterocycles. The molecule has 0 aromatic heterocycles. The number of terminal acetylenes is 1. The Bertz CT molecular complexity index is 356. The van der Waals surface area contributed by atoms with Crippen LogP contribution in [0, 0.1) is 12.3 Å². The lowest BCUT2D eigenvalue weighted by Crippen LogP contribution is -2.36. The molecule has 6 heteroatoms. The van der Waals surface area contributed by atoms with Gasteiger partial charge in [0.2, 0.25) is 10.0 Å². The molecule has 0 aromatic rings. The number of carbonyl (C=O) groups excluding carboxylic acids is 1. The number of ether oxygens (including phenoxy) is 1. The predicted octanol–water partition coefficient (Wildman–Crippen LogP) is 0.225. The number of esters is 1. The van der Waals surface area contributed by atoms with Crippen molar-refractivity contribution in [3.8, 4) is 12.3 Å². The van der Waals surface area contributed by atoms with Crippen molar-refractivity contribution in [3.05, 3.63) is 0 Å². The summed E-state index contributed by atoms with van der Waals surface area (Å²) in [4.78, 5) is 11.1. The third-order valence-electron chi connectivity index (χ3n) is 1.74. The van der Waals surface area contributed by atoms with Gasteiger partial charge in [-0.15, -0.1) is 6.42 Å². The van der Waals surface area contributed by atoms with Crippen LogP contribution in [0.4, 0.5) is 0 Å². The van der Waals surface area contributed by atoms with Crippen molar-refractivity contribution in [2.75, 3.05) is 25.4 Å². The van der Waals surface area contributed by atoms with E-state index in [0.29, 0.717) is 13.0 Å². The maximum Gasteiger partial charge on any atom is 0.322 e. The van der Waals surface area contributed by atoms with Gasteiger partial charge < -0.3 is 4.74 Å². The molecule has 0 aliphatic carbocycles. The zero-order valence-corrected chi connectivity index (χ0v) is 10.4. The van der Waals surface area contributed by atoms with E-state index in [9.17, 15) is 13.2 Å². The summed E-state index contributed by atoms with van der Waals surface area (Å²) in [5.74, 6) is 0.859. The molecule has 0 amide bonds. The van der Waals surface area contributed by atoms with Gasteiger partial charge in [-0.1, -0.05) is 12.8 Å². The second-order valence-electron chi connectivity index (χ2n) is 3.10. The molecule has 0 atom stereocenters. The van der Waals surface area contributed by atoms with Crippen LogP contribution in [-0.2, 0) is 19.6 Å². The second kappa shape index (κ2) is 7.25. The third kappa shape index (κ3) is 5.14. The number of nitrogens with zero attached hydrogens (tertiary/aromatic N) is 1. The van der Waals surface area contributed by atoms with Gasteiger partial charge >= 0.3 is 5.97 Å². The molecule has 0 radical (unpaired) electrons. The molecule has 0 N–H and O–H groups in total. The maximum absolute atomic E-state index is 11.7. The number of hydrogen-bond donors (Lipinski definition) is 0. The van der Waals surface area contributed by atoms with Gasteiger partial charge in [-0.05, 0) is 13.3 Å². The SMILES string of the molecule is C#CCN(CCC)S(=O)(=O)CC(=O)OCC. The highest BCUT2D eigenvalue weighted by Gasteiger charge is 2.24. The molecule has 0 saturated carbocycles. The van der Waals surface area contributed by atoms with Gasteiger partial charge in [0, 0.05) is 6.54 Å². The molecule has 0 fully saturated rings. The Morgan fingerprint density at radius 3 is 2.50 bits per heavy atom. The molecule has 0 spiro atoms. The van der Waals surface area contributed by atoms with Gasteiger partial charge in [0.05, 0.1) is 13.2 Å². The minimum atomic E-state index is -3.65. The van der Waals surface area contributed by atoms with E-state index in [-0.39, 0.29) is 13.2 Å². The first-order valence-electron chi connectivity index (χ1n) is 5.04. The van der Waals surface area contributed by atoms with E-state index in [1.54, 1.807) is 6.92 Å². The van der Waals surface area contributed by atoms with Gasteiger partial charge in [0.25, 0.3) is 0 Å². The molecule has 0 aliphatic rings. The van der Waals surface area contributed by atoms with Crippen molar-refractivity contribution in [3.63, 3.8) is 0 Å². The Morgan fingerprint density at radius 2 is 2.06 bits per heavy atom. The normalized spacial score (nSPS) is 11.1. The molecular weight excluding hydrogens is 230 g/mol. The lowest BCUT2D eigenvalue weighted by molar-refractivity contribution is -0.140. The third-order valence-corrected chi connectivity index (χ3v) is 3.44. The lowest BCUT2D eigenvalue weighted by Gasteiger charge is -2.18. The standard InChI is InChI=1S/C10H17NO4S/c1-4-7-11(8-5-2)16(13,14)9-10(12)15-6-3/h1H,5-9H2,2-3H3. The minimum Gasteiger partial charge on any atom is -0.465 e. The highest BCUT2D eigenvalue weighted by Crippen LogP contribution is 2.03. The number of carbonyl (C=O) groups is 1. The highest BCUT2D eigenvalue weighted by atomic mass is 32.2. The average Bonchev–Trinajstić information content (AvgIpc) is 2.17. The van der Waals surface area contributed by atoms with Crippen LogP contribution >= 0.6 is 0 Å². The van der Waals surface area contributed by atoms with Crippen molar-refractivity contribution in [1.29, 1.82) is 0 Å². The summed E-state index contributed by atoms with van der Waals surface area (Å²) in [6.07, 6.45) is 5.72. The highest BCUT2D eigenvalue weighted by molar-refractivity contribution is 7.89. The van der Waals surface area contributed by atoms with Gasteiger partial charge in [0.15, 0.2) is 5.75 Å². The number of sulfonamides is 1. The minimum absolute atomic E-state index is 0.0183. The van der Waals surface area contributed by atoms with Gasteiger partial charge in [-0.25, -0.2) is 8.42 Å². The monoisotopic (exact) mass is 247 g/mol. The Labute approximate surface area is 96.8 Å². The topological polar surface area (TPSA) is 63.7 Å². The number of rotatable bonds is 7. The van der Waals surface area contributed by atoms with E-state index in [1.165, 1.54) is 0 Å². The fourth-order valence-corrected chi connectivity index (χ4v) is 2.41. The summed E-state index contributed by atoms with van der Waals surface area (Å²) in [7, 11) is -3.65. The first kappa shape index (κ1) is 14.9. The molecule has 0 aromatic carbocycles. The van der Waals surface area contributed by atoms with Crippen LogP contribution in [-0.4, -0.2) is 44.1 Å². The van der Waals surface area contributed by atoms with Crippen LogP contribution in [0.1, 0.15) is 20.3 Å². The van der Waals surface area contributed by atoms with Crippen LogP contribution in [0.2, 0.25) is 0 Å². The van der Waals surface area contributed by atoms with Crippen LogP contribution in [0.5, 0.6) is 0 Å². The first-order valence-corrected chi connectivity index (χ1v) is 6.65. The van der Waals surface area contributed by atoms with E-state index < -0.39 is 21.7 Å². The fourth-order valence-electron chi connectivity index (χ4n) is 1.11. The van der Waals surface area contributed by atoms with Crippen molar-refractivity contribution < 1.29 is 17.9 Å². The first-order chi connectivity index (χ1) is 7.47. The van der Waals surface area contributed by atoms with E-state index in [2.05, 4.69) is 10.7 Å². The summed E-state index contributed by atoms with van der Waals surface area (Å²) in [6, 6.07) is 0. The molecule has 0 rings (SSSR count). The molecule has 5 nitrogen and oxygen atoms in total. The summed E-state index contributed by atoms with van der Waals surface area (Å²) in [6.45, 7) is 3.91. The van der Waals surface area contributed by atoms with Gasteiger partial charge in [-0.3, -0.25) is 4.79 Å². The predicted molar refractivity (Wildman–Crippen MR) is 61.1 cm³/mol. The lowest BCUT2D eigenvalue weighted by atomic mass is 10.5. The maximum atomic E-state index is 11.7. The molecule has 92 valence electrons. The molecule has 0 heterocycles. The van der Waals surface area contributed by atoms with Gasteiger partial charge in [0.1, 0.15) is 0 Å². The van der Waals surface area contributed by atoms with Crippen molar-refractivity contribution in [2.24, 2.45) is 0 Å². The Kier molecular flexibility index (Phi) is 6.77. The van der Waals surface area contributed by atoms with Crippen LogP contribution in [0.15, 0.2) is 0 Å². The van der Waals surface area contributed by atoms with E-state index in [4.69, 9.17) is 6.42 Å². The largest absolute Gasteiger partial charge is 0.465 e. The Hall–Kier alpha value is -1.06. The molecule has 0 unspecified atom stereocenters. The molecule has 16 heavy (non-hydrogen) atoms. The van der Waals surface area contributed by atoms with Crippen molar-refractivity contribution in [2.45, 2.75) is 20.3 Å². The van der Waals surface area contributed by atoms with Crippen molar-refractivity contribution >= 4 is 16.0 Å². The van der Waals surface area contributed by atoms with Crippen LogP contribution < -0.4 is 0 Å². The van der Waals surface area contributed by atoms with Gasteiger partial charge in [-0.2, -0.15) is 4.31 Å². The van der Waals surface area contributed by atoms with Crippen molar-refractivity contribution in [1.82, 2.24) is 4.31 Å². The zero-order chi connectivity index (χ0) is 12.6. The van der Waals surface area contributed by atoms with E-state index in [0.717, 1.165) is 4.31 Å². The molecule has 0 bridgehead atoms. The average molecular weight is 247 g/mol. The molecule has 0 aliphatic heterocycles. The quantitative estimate of drug-likeness (QED) is 0.477. The summed E-state index contributed by atoms with van der Waals surface area (Å²) >= 11 is 0. The summed E-state index contributed by atoms with van der Waals surface area (Å²) in [5, 5.41) is 0. The van der Waals surface area contributed by atoms with Crippen LogP contribution in [0.3, 0.4) is 0 Å². The Balaban J connectivity index is 4.60. The molecular formula is C10H17NO4S.